The first-order valence-electron chi connectivity index (χ1n) is 6.28. The first kappa shape index (κ1) is 14.0. The number of aryl methyl sites for hydroxylation is 1. The van der Waals surface area contributed by atoms with Gasteiger partial charge < -0.3 is 19.8 Å². The van der Waals surface area contributed by atoms with Crippen molar-refractivity contribution in [2.24, 2.45) is 0 Å². The van der Waals surface area contributed by atoms with Crippen LogP contribution in [0.2, 0.25) is 0 Å². The number of anilines is 1. The van der Waals surface area contributed by atoms with Crippen LogP contribution in [-0.2, 0) is 11.2 Å². The molecule has 0 aliphatic heterocycles. The van der Waals surface area contributed by atoms with Gasteiger partial charge in [-0.3, -0.25) is 4.79 Å². The van der Waals surface area contributed by atoms with Gasteiger partial charge in [-0.15, -0.1) is 0 Å². The van der Waals surface area contributed by atoms with E-state index in [0.717, 1.165) is 11.3 Å². The van der Waals surface area contributed by atoms with E-state index in [1.165, 1.54) is 0 Å². The molecule has 1 aromatic carbocycles. The molecule has 1 aromatic heterocycles. The Bertz CT molecular complexity index is 605. The van der Waals surface area contributed by atoms with Crippen molar-refractivity contribution >= 4 is 11.6 Å². The van der Waals surface area contributed by atoms with Crippen molar-refractivity contribution in [3.8, 4) is 11.5 Å². The van der Waals surface area contributed by atoms with Gasteiger partial charge in [-0.05, 0) is 30.7 Å². The Morgan fingerprint density at radius 2 is 2.05 bits per heavy atom. The lowest BCUT2D eigenvalue weighted by molar-refractivity contribution is -0.115. The van der Waals surface area contributed by atoms with E-state index in [4.69, 9.17) is 9.47 Å². The van der Waals surface area contributed by atoms with Crippen molar-refractivity contribution in [3.05, 3.63) is 41.7 Å². The Balaban J connectivity index is 2.10. The molecule has 0 fully saturated rings. The fraction of sp³-hybridized carbons (Fsp3) is 0.267. The Kier molecular flexibility index (Phi) is 4.30. The molecule has 2 N–H and O–H groups in total. The maximum Gasteiger partial charge on any atom is 0.228 e. The molecular formula is C15H18N2O3. The van der Waals surface area contributed by atoms with Crippen LogP contribution in [0.4, 0.5) is 5.69 Å². The molecule has 2 aromatic rings. The molecule has 2 rings (SSSR count). The van der Waals surface area contributed by atoms with Crippen LogP contribution in [0.1, 0.15) is 11.3 Å². The molecule has 1 amide bonds. The molecule has 0 saturated heterocycles. The number of aromatic nitrogens is 1. The van der Waals surface area contributed by atoms with E-state index in [9.17, 15) is 4.79 Å². The topological polar surface area (TPSA) is 63.4 Å². The number of hydrogen-bond acceptors (Lipinski definition) is 3. The molecule has 5 nitrogen and oxygen atoms in total. The van der Waals surface area contributed by atoms with E-state index >= 15 is 0 Å². The highest BCUT2D eigenvalue weighted by Gasteiger charge is 2.10. The molecule has 0 saturated carbocycles. The van der Waals surface area contributed by atoms with Crippen LogP contribution in [-0.4, -0.2) is 25.1 Å². The number of aromatic amines is 1. The van der Waals surface area contributed by atoms with Gasteiger partial charge in [0.25, 0.3) is 0 Å². The fourth-order valence-corrected chi connectivity index (χ4v) is 1.96. The minimum absolute atomic E-state index is 0.101. The second kappa shape index (κ2) is 6.14. The van der Waals surface area contributed by atoms with E-state index in [2.05, 4.69) is 10.3 Å². The highest BCUT2D eigenvalue weighted by Crippen LogP contribution is 2.28. The molecule has 5 heteroatoms. The number of ether oxygens (including phenoxy) is 2. The number of benzene rings is 1. The Morgan fingerprint density at radius 3 is 2.65 bits per heavy atom. The van der Waals surface area contributed by atoms with Crippen LogP contribution in [0.3, 0.4) is 0 Å². The van der Waals surface area contributed by atoms with E-state index in [1.807, 2.05) is 19.2 Å². The third-order valence-corrected chi connectivity index (χ3v) is 2.93. The van der Waals surface area contributed by atoms with Gasteiger partial charge >= 0.3 is 0 Å². The lowest BCUT2D eigenvalue weighted by Gasteiger charge is -2.11. The zero-order valence-corrected chi connectivity index (χ0v) is 11.8. The Morgan fingerprint density at radius 1 is 1.25 bits per heavy atom. The van der Waals surface area contributed by atoms with E-state index in [-0.39, 0.29) is 5.91 Å². The van der Waals surface area contributed by atoms with Crippen LogP contribution in [0.15, 0.2) is 30.5 Å². The van der Waals surface area contributed by atoms with Gasteiger partial charge in [-0.2, -0.15) is 0 Å². The molecular weight excluding hydrogens is 256 g/mol. The van der Waals surface area contributed by atoms with Crippen LogP contribution >= 0.6 is 0 Å². The molecule has 0 radical (unpaired) electrons. The number of nitrogens with one attached hydrogen (secondary N) is 2. The average Bonchev–Trinajstić information content (AvgIpc) is 2.83. The van der Waals surface area contributed by atoms with Gasteiger partial charge in [-0.25, -0.2) is 0 Å². The summed E-state index contributed by atoms with van der Waals surface area (Å²) < 4.78 is 10.4. The highest BCUT2D eigenvalue weighted by molar-refractivity contribution is 5.93. The summed E-state index contributed by atoms with van der Waals surface area (Å²) in [5.41, 5.74) is 2.58. The minimum Gasteiger partial charge on any atom is -0.497 e. The molecule has 0 unspecified atom stereocenters. The summed E-state index contributed by atoms with van der Waals surface area (Å²) >= 11 is 0. The summed E-state index contributed by atoms with van der Waals surface area (Å²) in [7, 11) is 3.14. The zero-order valence-electron chi connectivity index (χ0n) is 11.8. The van der Waals surface area contributed by atoms with Gasteiger partial charge in [-0.1, -0.05) is 0 Å². The smallest absolute Gasteiger partial charge is 0.228 e. The molecule has 20 heavy (non-hydrogen) atoms. The lowest BCUT2D eigenvalue weighted by Crippen LogP contribution is -2.14. The van der Waals surface area contributed by atoms with Gasteiger partial charge in [0.2, 0.25) is 5.91 Å². The van der Waals surface area contributed by atoms with Gasteiger partial charge in [0.05, 0.1) is 26.3 Å². The maximum absolute atomic E-state index is 12.0. The molecule has 1 heterocycles. The predicted octanol–water partition coefficient (Wildman–Crippen LogP) is 2.52. The number of carbonyl (C=O) groups excluding carboxylic acids is 1. The quantitative estimate of drug-likeness (QED) is 0.880. The third-order valence-electron chi connectivity index (χ3n) is 2.93. The molecule has 0 atom stereocenters. The minimum atomic E-state index is -0.101. The summed E-state index contributed by atoms with van der Waals surface area (Å²) in [6, 6.07) is 7.22. The normalized spacial score (nSPS) is 10.2. The standard InChI is InChI=1S/C15H18N2O3/c1-10-6-11(9-16-10)7-15(18)17-13-8-12(19-2)4-5-14(13)20-3/h4-6,8-9,16H,7H2,1-3H3,(H,17,18). The molecule has 0 aliphatic rings. The first-order valence-corrected chi connectivity index (χ1v) is 6.28. The van der Waals surface area contributed by atoms with Crippen molar-refractivity contribution in [2.45, 2.75) is 13.3 Å². The van der Waals surface area contributed by atoms with Gasteiger partial charge in [0, 0.05) is 18.0 Å². The summed E-state index contributed by atoms with van der Waals surface area (Å²) in [4.78, 5) is 15.1. The van der Waals surface area contributed by atoms with Gasteiger partial charge in [0.1, 0.15) is 11.5 Å². The maximum atomic E-state index is 12.0. The molecule has 0 bridgehead atoms. The Labute approximate surface area is 117 Å². The van der Waals surface area contributed by atoms with Crippen LogP contribution in [0.5, 0.6) is 11.5 Å². The number of methoxy groups -OCH3 is 2. The van der Waals surface area contributed by atoms with Crippen molar-refractivity contribution in [1.82, 2.24) is 4.98 Å². The molecule has 0 aliphatic carbocycles. The van der Waals surface area contributed by atoms with E-state index in [0.29, 0.717) is 23.6 Å². The number of H-pyrrole nitrogens is 1. The predicted molar refractivity (Wildman–Crippen MR) is 77.4 cm³/mol. The van der Waals surface area contributed by atoms with Crippen LogP contribution < -0.4 is 14.8 Å². The van der Waals surface area contributed by atoms with Crippen molar-refractivity contribution in [1.29, 1.82) is 0 Å². The first-order chi connectivity index (χ1) is 9.62. The fourth-order valence-electron chi connectivity index (χ4n) is 1.96. The van der Waals surface area contributed by atoms with Crippen LogP contribution in [0.25, 0.3) is 0 Å². The number of amides is 1. The summed E-state index contributed by atoms with van der Waals surface area (Å²) in [5, 5.41) is 2.84. The number of carbonyl (C=O) groups is 1. The SMILES string of the molecule is COc1ccc(OC)c(NC(=O)Cc2c[nH]c(C)c2)c1. The zero-order chi connectivity index (χ0) is 14.5. The van der Waals surface area contributed by atoms with Crippen molar-refractivity contribution in [2.75, 3.05) is 19.5 Å². The van der Waals surface area contributed by atoms with Crippen LogP contribution in [0, 0.1) is 6.92 Å². The third kappa shape index (κ3) is 3.32. The summed E-state index contributed by atoms with van der Waals surface area (Å²) in [6.07, 6.45) is 2.14. The number of rotatable bonds is 5. The molecule has 0 spiro atoms. The van der Waals surface area contributed by atoms with E-state index in [1.54, 1.807) is 32.4 Å². The summed E-state index contributed by atoms with van der Waals surface area (Å²) in [6.45, 7) is 1.95. The van der Waals surface area contributed by atoms with Crippen molar-refractivity contribution < 1.29 is 14.3 Å². The highest BCUT2D eigenvalue weighted by atomic mass is 16.5. The average molecular weight is 274 g/mol. The second-order valence-corrected chi connectivity index (χ2v) is 4.48. The van der Waals surface area contributed by atoms with Gasteiger partial charge in [0.15, 0.2) is 0 Å². The summed E-state index contributed by atoms with van der Waals surface area (Å²) in [5.74, 6) is 1.17. The van der Waals surface area contributed by atoms with Crippen molar-refractivity contribution in [3.63, 3.8) is 0 Å². The van der Waals surface area contributed by atoms with E-state index < -0.39 is 0 Å². The number of hydrogen-bond donors (Lipinski definition) is 2. The second-order valence-electron chi connectivity index (χ2n) is 4.48. The molecule has 106 valence electrons. The lowest BCUT2D eigenvalue weighted by atomic mass is 10.2. The Hall–Kier alpha value is -2.43. The monoisotopic (exact) mass is 274 g/mol. The largest absolute Gasteiger partial charge is 0.497 e.